The minimum atomic E-state index is -0.122. The highest BCUT2D eigenvalue weighted by Gasteiger charge is 2.20. The lowest BCUT2D eigenvalue weighted by molar-refractivity contribution is 0.0871. The van der Waals surface area contributed by atoms with Gasteiger partial charge in [-0.05, 0) is 32.9 Å². The van der Waals surface area contributed by atoms with E-state index in [1.165, 1.54) is 11.9 Å². The molecule has 0 spiro atoms. The predicted molar refractivity (Wildman–Crippen MR) is 82.2 cm³/mol. The number of hydrazine groups is 2. The Bertz CT molecular complexity index is 514. The molecule has 0 fully saturated rings. The summed E-state index contributed by atoms with van der Waals surface area (Å²) in [6.07, 6.45) is 1.90. The summed E-state index contributed by atoms with van der Waals surface area (Å²) < 4.78 is 1.62. The Balaban J connectivity index is 1.92. The van der Waals surface area contributed by atoms with Crippen molar-refractivity contribution in [2.24, 2.45) is 0 Å². The van der Waals surface area contributed by atoms with Crippen LogP contribution in [0, 0.1) is 6.92 Å². The normalized spacial score (nSPS) is 14.7. The first-order chi connectivity index (χ1) is 9.63. The van der Waals surface area contributed by atoms with E-state index in [-0.39, 0.29) is 5.91 Å². The fourth-order valence-electron chi connectivity index (χ4n) is 1.94. The van der Waals surface area contributed by atoms with Gasteiger partial charge in [0.25, 0.3) is 5.91 Å². The summed E-state index contributed by atoms with van der Waals surface area (Å²) in [5.74, 6) is -0.122. The molecule has 0 unspecified atom stereocenters. The van der Waals surface area contributed by atoms with Gasteiger partial charge in [0.15, 0.2) is 0 Å². The number of rotatable bonds is 5. The molecule has 6 heteroatoms. The maximum atomic E-state index is 12.1. The van der Waals surface area contributed by atoms with Crippen molar-refractivity contribution in [3.05, 3.63) is 46.6 Å². The molecule has 20 heavy (non-hydrogen) atoms. The molecular formula is C14H20N4OS. The van der Waals surface area contributed by atoms with Gasteiger partial charge in [0.05, 0.1) is 0 Å². The molecule has 0 radical (unpaired) electrons. The standard InChI is InChI=1S/C14H20N4OS/c1-4-17(5-2)13-10-15-18(20-13)16-14(19)12-8-6-7-11(3)9-12/h6-10,15H,4-5H2,1-3H3,(H,16,19). The average molecular weight is 292 g/mol. The Morgan fingerprint density at radius 2 is 2.15 bits per heavy atom. The summed E-state index contributed by atoms with van der Waals surface area (Å²) in [7, 11) is 0. The molecule has 1 heterocycles. The summed E-state index contributed by atoms with van der Waals surface area (Å²) in [6.45, 7) is 8.07. The van der Waals surface area contributed by atoms with Crippen LogP contribution in [0.5, 0.6) is 0 Å². The molecule has 1 amide bonds. The number of carbonyl (C=O) groups is 1. The number of aryl methyl sites for hydroxylation is 1. The first-order valence-corrected chi connectivity index (χ1v) is 7.48. The molecule has 1 aliphatic heterocycles. The summed E-state index contributed by atoms with van der Waals surface area (Å²) in [6, 6.07) is 7.53. The second-order valence-electron chi connectivity index (χ2n) is 4.48. The van der Waals surface area contributed by atoms with E-state index >= 15 is 0 Å². The number of nitrogens with one attached hydrogen (secondary N) is 2. The van der Waals surface area contributed by atoms with E-state index in [9.17, 15) is 4.79 Å². The fourth-order valence-corrected chi connectivity index (χ4v) is 2.84. The van der Waals surface area contributed by atoms with Gasteiger partial charge in [-0.25, -0.2) is 0 Å². The van der Waals surface area contributed by atoms with Gasteiger partial charge < -0.3 is 4.90 Å². The Kier molecular flexibility index (Phi) is 4.92. The van der Waals surface area contributed by atoms with Crippen molar-refractivity contribution in [1.82, 2.24) is 20.3 Å². The molecule has 0 saturated carbocycles. The second-order valence-corrected chi connectivity index (χ2v) is 5.45. The quantitative estimate of drug-likeness (QED) is 0.815. The van der Waals surface area contributed by atoms with Crippen molar-refractivity contribution in [3.63, 3.8) is 0 Å². The number of carbonyl (C=O) groups excluding carboxylic acids is 1. The fraction of sp³-hybridized carbons (Fsp3) is 0.357. The van der Waals surface area contributed by atoms with Crippen LogP contribution in [0.4, 0.5) is 0 Å². The average Bonchev–Trinajstić information content (AvgIpc) is 2.88. The zero-order chi connectivity index (χ0) is 14.5. The number of benzene rings is 1. The highest BCUT2D eigenvalue weighted by atomic mass is 32.2. The van der Waals surface area contributed by atoms with Crippen molar-refractivity contribution in [2.75, 3.05) is 13.1 Å². The third-order valence-electron chi connectivity index (χ3n) is 3.05. The molecule has 2 rings (SSSR count). The van der Waals surface area contributed by atoms with Crippen molar-refractivity contribution in [3.8, 4) is 0 Å². The van der Waals surface area contributed by atoms with Crippen molar-refractivity contribution in [1.29, 1.82) is 0 Å². The lowest BCUT2D eigenvalue weighted by atomic mass is 10.1. The van der Waals surface area contributed by atoms with Crippen molar-refractivity contribution in [2.45, 2.75) is 20.8 Å². The molecule has 5 nitrogen and oxygen atoms in total. The number of amides is 1. The number of nitrogens with zero attached hydrogens (tertiary/aromatic N) is 2. The largest absolute Gasteiger partial charge is 0.365 e. The van der Waals surface area contributed by atoms with Crippen LogP contribution in [0.3, 0.4) is 0 Å². The molecule has 108 valence electrons. The molecule has 2 N–H and O–H groups in total. The van der Waals surface area contributed by atoms with Crippen LogP contribution >= 0.6 is 11.9 Å². The molecule has 1 aromatic rings. The van der Waals surface area contributed by atoms with Gasteiger partial charge in [0, 0.05) is 36.8 Å². The van der Waals surface area contributed by atoms with Crippen LogP contribution in [0.2, 0.25) is 0 Å². The lowest BCUT2D eigenvalue weighted by Gasteiger charge is -2.22. The maximum absolute atomic E-state index is 12.1. The Hall–Kier alpha value is -1.66. The van der Waals surface area contributed by atoms with Crippen LogP contribution in [0.15, 0.2) is 35.5 Å². The number of hydrogen-bond acceptors (Lipinski definition) is 5. The summed E-state index contributed by atoms with van der Waals surface area (Å²) >= 11 is 1.47. The van der Waals surface area contributed by atoms with Gasteiger partial charge in [-0.2, -0.15) is 0 Å². The first-order valence-electron chi connectivity index (χ1n) is 6.71. The molecule has 1 aliphatic rings. The zero-order valence-electron chi connectivity index (χ0n) is 12.0. The highest BCUT2D eigenvalue weighted by Crippen LogP contribution is 2.25. The minimum absolute atomic E-state index is 0.122. The van der Waals surface area contributed by atoms with E-state index in [2.05, 4.69) is 29.6 Å². The topological polar surface area (TPSA) is 47.6 Å². The van der Waals surface area contributed by atoms with Gasteiger partial charge in [0.1, 0.15) is 5.03 Å². The van der Waals surface area contributed by atoms with Crippen LogP contribution < -0.4 is 10.9 Å². The highest BCUT2D eigenvalue weighted by molar-refractivity contribution is 8.00. The van der Waals surface area contributed by atoms with Crippen molar-refractivity contribution >= 4 is 17.9 Å². The van der Waals surface area contributed by atoms with Crippen LogP contribution in [-0.4, -0.2) is 28.4 Å². The third-order valence-corrected chi connectivity index (χ3v) is 3.99. The van der Waals surface area contributed by atoms with E-state index in [4.69, 9.17) is 0 Å². The van der Waals surface area contributed by atoms with Gasteiger partial charge in [-0.3, -0.25) is 15.6 Å². The second kappa shape index (κ2) is 6.67. The van der Waals surface area contributed by atoms with Gasteiger partial charge >= 0.3 is 0 Å². The summed E-state index contributed by atoms with van der Waals surface area (Å²) in [4.78, 5) is 14.3. The van der Waals surface area contributed by atoms with Gasteiger partial charge in [-0.15, -0.1) is 0 Å². The molecule has 0 aliphatic carbocycles. The smallest absolute Gasteiger partial charge is 0.267 e. The molecule has 0 atom stereocenters. The Labute approximate surface area is 124 Å². The molecule has 0 saturated heterocycles. The third kappa shape index (κ3) is 3.46. The summed E-state index contributed by atoms with van der Waals surface area (Å²) in [5.41, 5.74) is 7.58. The molecule has 0 aromatic heterocycles. The SMILES string of the molecule is CCN(CC)C1=CNN(NC(=O)c2cccc(C)c2)S1. The van der Waals surface area contributed by atoms with Crippen molar-refractivity contribution < 1.29 is 4.79 Å². The minimum Gasteiger partial charge on any atom is -0.365 e. The number of hydrogen-bond donors (Lipinski definition) is 2. The zero-order valence-corrected chi connectivity index (χ0v) is 12.8. The van der Waals surface area contributed by atoms with E-state index in [1.54, 1.807) is 4.52 Å². The predicted octanol–water partition coefficient (Wildman–Crippen LogP) is 2.25. The van der Waals surface area contributed by atoms with Gasteiger partial charge in [-0.1, -0.05) is 22.2 Å². The maximum Gasteiger partial charge on any atom is 0.267 e. The molecular weight excluding hydrogens is 272 g/mol. The molecule has 1 aromatic carbocycles. The molecule has 0 bridgehead atoms. The Morgan fingerprint density at radius 1 is 1.40 bits per heavy atom. The lowest BCUT2D eigenvalue weighted by Crippen LogP contribution is -2.41. The summed E-state index contributed by atoms with van der Waals surface area (Å²) in [5, 5.41) is 1.10. The van der Waals surface area contributed by atoms with Crippen LogP contribution in [-0.2, 0) is 0 Å². The monoisotopic (exact) mass is 292 g/mol. The van der Waals surface area contributed by atoms with Crippen LogP contribution in [0.25, 0.3) is 0 Å². The van der Waals surface area contributed by atoms with E-state index in [0.29, 0.717) is 5.56 Å². The van der Waals surface area contributed by atoms with E-state index < -0.39 is 0 Å². The van der Waals surface area contributed by atoms with E-state index in [0.717, 1.165) is 23.7 Å². The van der Waals surface area contributed by atoms with Crippen LogP contribution in [0.1, 0.15) is 29.8 Å². The van der Waals surface area contributed by atoms with E-state index in [1.807, 2.05) is 37.4 Å². The van der Waals surface area contributed by atoms with Gasteiger partial charge in [0.2, 0.25) is 0 Å². The Morgan fingerprint density at radius 3 is 2.80 bits per heavy atom. The first kappa shape index (κ1) is 14.7.